The number of nitrogens with zero attached hydrogens (tertiary/aromatic N) is 2. The summed E-state index contributed by atoms with van der Waals surface area (Å²) in [5.41, 5.74) is 1.10. The number of hydrogen-bond acceptors (Lipinski definition) is 3. The van der Waals surface area contributed by atoms with Gasteiger partial charge in [0.2, 0.25) is 5.95 Å². The Bertz CT molecular complexity index is 309. The number of rotatable bonds is 7. The maximum Gasteiger partial charge on any atom is 0.203 e. The fourth-order valence-electron chi connectivity index (χ4n) is 1.75. The number of imidazole rings is 1. The molecule has 0 bridgehead atoms. The molecule has 0 spiro atoms. The van der Waals surface area contributed by atoms with E-state index < -0.39 is 0 Å². The second-order valence-electron chi connectivity index (χ2n) is 4.06. The molecular formula is C12H23N3S. The summed E-state index contributed by atoms with van der Waals surface area (Å²) in [6.07, 6.45) is 6.59. The Balaban J connectivity index is 2.82. The van der Waals surface area contributed by atoms with Gasteiger partial charge >= 0.3 is 0 Å². The maximum atomic E-state index is 4.54. The lowest BCUT2D eigenvalue weighted by atomic mass is 10.2. The zero-order chi connectivity index (χ0) is 12.0. The molecule has 3 nitrogen and oxygen atoms in total. The molecule has 0 radical (unpaired) electrons. The van der Waals surface area contributed by atoms with Gasteiger partial charge in [-0.2, -0.15) is 11.8 Å². The molecule has 1 aromatic rings. The Morgan fingerprint density at radius 3 is 2.81 bits per heavy atom. The molecule has 1 unspecified atom stereocenters. The van der Waals surface area contributed by atoms with E-state index in [1.807, 2.05) is 11.8 Å². The standard InChI is InChI=1S/C12H23N3S/c1-5-7-13-12-14-10(3)8-15(12)11(6-2)9-16-4/h8,11H,5-7,9H2,1-4H3,(H,13,14). The van der Waals surface area contributed by atoms with Crippen LogP contribution in [0.3, 0.4) is 0 Å². The lowest BCUT2D eigenvalue weighted by molar-refractivity contribution is 0.543. The second-order valence-corrected chi connectivity index (χ2v) is 4.97. The highest BCUT2D eigenvalue weighted by molar-refractivity contribution is 7.98. The third kappa shape index (κ3) is 3.44. The molecule has 0 aliphatic rings. The second kappa shape index (κ2) is 6.84. The van der Waals surface area contributed by atoms with E-state index in [0.29, 0.717) is 6.04 Å². The Morgan fingerprint density at radius 1 is 1.50 bits per heavy atom. The lowest BCUT2D eigenvalue weighted by Gasteiger charge is -2.18. The summed E-state index contributed by atoms with van der Waals surface area (Å²) >= 11 is 1.89. The average Bonchev–Trinajstić information content (AvgIpc) is 2.64. The van der Waals surface area contributed by atoms with Crippen molar-refractivity contribution in [2.75, 3.05) is 23.9 Å². The molecule has 1 atom stereocenters. The van der Waals surface area contributed by atoms with E-state index in [1.165, 1.54) is 0 Å². The Morgan fingerprint density at radius 2 is 2.25 bits per heavy atom. The smallest absolute Gasteiger partial charge is 0.203 e. The van der Waals surface area contributed by atoms with Gasteiger partial charge in [-0.1, -0.05) is 13.8 Å². The van der Waals surface area contributed by atoms with E-state index in [9.17, 15) is 0 Å². The monoisotopic (exact) mass is 241 g/mol. The van der Waals surface area contributed by atoms with E-state index in [2.05, 4.69) is 48.1 Å². The summed E-state index contributed by atoms with van der Waals surface area (Å²) in [7, 11) is 0. The average molecular weight is 241 g/mol. The van der Waals surface area contributed by atoms with Crippen molar-refractivity contribution in [2.24, 2.45) is 0 Å². The summed E-state index contributed by atoms with van der Waals surface area (Å²) in [5.74, 6) is 2.17. The molecule has 1 N–H and O–H groups in total. The summed E-state index contributed by atoms with van der Waals surface area (Å²) in [5, 5.41) is 3.40. The summed E-state index contributed by atoms with van der Waals surface area (Å²) in [4.78, 5) is 4.54. The van der Waals surface area contributed by atoms with Crippen molar-refractivity contribution in [2.45, 2.75) is 39.7 Å². The van der Waals surface area contributed by atoms with Crippen LogP contribution in [0.25, 0.3) is 0 Å². The molecule has 0 aliphatic heterocycles. The SMILES string of the molecule is CCCNc1nc(C)cn1C(CC)CSC. The van der Waals surface area contributed by atoms with Gasteiger partial charge in [-0.15, -0.1) is 0 Å². The van der Waals surface area contributed by atoms with E-state index in [-0.39, 0.29) is 0 Å². The van der Waals surface area contributed by atoms with Crippen LogP contribution in [0.4, 0.5) is 5.95 Å². The van der Waals surface area contributed by atoms with Crippen LogP contribution in [0.5, 0.6) is 0 Å². The van der Waals surface area contributed by atoms with Crippen LogP contribution >= 0.6 is 11.8 Å². The zero-order valence-electron chi connectivity index (χ0n) is 10.8. The molecule has 92 valence electrons. The minimum atomic E-state index is 0.551. The van der Waals surface area contributed by atoms with Crippen LogP contribution < -0.4 is 5.32 Å². The predicted octanol–water partition coefficient (Wildman–Crippen LogP) is 3.33. The molecular weight excluding hydrogens is 218 g/mol. The van der Waals surface area contributed by atoms with Gasteiger partial charge in [-0.25, -0.2) is 4.98 Å². The number of thioether (sulfide) groups is 1. The Kier molecular flexibility index (Phi) is 5.74. The van der Waals surface area contributed by atoms with Crippen molar-refractivity contribution >= 4 is 17.7 Å². The minimum absolute atomic E-state index is 0.551. The summed E-state index contributed by atoms with van der Waals surface area (Å²) in [6, 6.07) is 0.551. The first-order valence-corrected chi connectivity index (χ1v) is 7.40. The van der Waals surface area contributed by atoms with Gasteiger partial charge in [0.05, 0.1) is 5.69 Å². The van der Waals surface area contributed by atoms with E-state index >= 15 is 0 Å². The van der Waals surface area contributed by atoms with E-state index in [4.69, 9.17) is 0 Å². The molecule has 0 amide bonds. The van der Waals surface area contributed by atoms with Crippen LogP contribution in [-0.2, 0) is 0 Å². The van der Waals surface area contributed by atoms with Crippen LogP contribution in [0, 0.1) is 6.92 Å². The van der Waals surface area contributed by atoms with Gasteiger partial charge in [0.25, 0.3) is 0 Å². The number of aryl methyl sites for hydroxylation is 1. The first-order chi connectivity index (χ1) is 7.72. The predicted molar refractivity (Wildman–Crippen MR) is 73.5 cm³/mol. The van der Waals surface area contributed by atoms with Crippen molar-refractivity contribution in [3.8, 4) is 0 Å². The van der Waals surface area contributed by atoms with Crippen LogP contribution in [0.1, 0.15) is 38.4 Å². The molecule has 4 heteroatoms. The summed E-state index contributed by atoms with van der Waals surface area (Å²) < 4.78 is 2.29. The van der Waals surface area contributed by atoms with Crippen LogP contribution in [0.15, 0.2) is 6.20 Å². The highest BCUT2D eigenvalue weighted by atomic mass is 32.2. The Hall–Kier alpha value is -0.640. The normalized spacial score (nSPS) is 12.8. The quantitative estimate of drug-likeness (QED) is 0.794. The first-order valence-electron chi connectivity index (χ1n) is 6.01. The van der Waals surface area contributed by atoms with Gasteiger partial charge in [-0.05, 0) is 26.0 Å². The van der Waals surface area contributed by atoms with Crippen molar-refractivity contribution < 1.29 is 0 Å². The minimum Gasteiger partial charge on any atom is -0.356 e. The van der Waals surface area contributed by atoms with Crippen molar-refractivity contribution in [1.82, 2.24) is 9.55 Å². The van der Waals surface area contributed by atoms with Crippen molar-refractivity contribution in [1.29, 1.82) is 0 Å². The van der Waals surface area contributed by atoms with Crippen LogP contribution in [-0.4, -0.2) is 28.1 Å². The number of aromatic nitrogens is 2. The van der Waals surface area contributed by atoms with Gasteiger partial charge in [-0.3, -0.25) is 0 Å². The van der Waals surface area contributed by atoms with E-state index in [0.717, 1.165) is 36.8 Å². The van der Waals surface area contributed by atoms with Crippen LogP contribution in [0.2, 0.25) is 0 Å². The first kappa shape index (κ1) is 13.4. The molecule has 0 saturated heterocycles. The zero-order valence-corrected chi connectivity index (χ0v) is 11.6. The number of anilines is 1. The fourth-order valence-corrected chi connectivity index (χ4v) is 2.53. The third-order valence-corrected chi connectivity index (χ3v) is 3.33. The molecule has 0 saturated carbocycles. The maximum absolute atomic E-state index is 4.54. The van der Waals surface area contributed by atoms with Gasteiger partial charge in [0.1, 0.15) is 0 Å². The molecule has 16 heavy (non-hydrogen) atoms. The topological polar surface area (TPSA) is 29.9 Å². The molecule has 1 rings (SSSR count). The number of nitrogens with one attached hydrogen (secondary N) is 1. The number of hydrogen-bond donors (Lipinski definition) is 1. The van der Waals surface area contributed by atoms with Gasteiger partial charge in [0.15, 0.2) is 0 Å². The van der Waals surface area contributed by atoms with Gasteiger partial charge in [0, 0.05) is 24.5 Å². The highest BCUT2D eigenvalue weighted by Gasteiger charge is 2.13. The van der Waals surface area contributed by atoms with Gasteiger partial charge < -0.3 is 9.88 Å². The largest absolute Gasteiger partial charge is 0.356 e. The molecule has 1 aromatic heterocycles. The summed E-state index contributed by atoms with van der Waals surface area (Å²) in [6.45, 7) is 7.46. The fraction of sp³-hybridized carbons (Fsp3) is 0.750. The molecule has 1 heterocycles. The van der Waals surface area contributed by atoms with Crippen molar-refractivity contribution in [3.63, 3.8) is 0 Å². The third-order valence-electron chi connectivity index (χ3n) is 2.61. The molecule has 0 aliphatic carbocycles. The molecule has 0 aromatic carbocycles. The Labute approximate surface area is 103 Å². The lowest BCUT2D eigenvalue weighted by Crippen LogP contribution is -2.14. The van der Waals surface area contributed by atoms with E-state index in [1.54, 1.807) is 0 Å². The highest BCUT2D eigenvalue weighted by Crippen LogP contribution is 2.22. The molecule has 0 fully saturated rings. The van der Waals surface area contributed by atoms with Crippen molar-refractivity contribution in [3.05, 3.63) is 11.9 Å².